The standard InChI is InChI=1S/C5H12NO4PS/c1-4(7)5(6-2)3-12-11(8,9)10/h5-6H,3H2,1-2H3,(H2,8,9,10)/t5-/m0/s1. The zero-order valence-electron chi connectivity index (χ0n) is 6.85. The fraction of sp³-hybridized carbons (Fsp3) is 0.800. The molecule has 0 saturated carbocycles. The molecule has 0 fully saturated rings. The van der Waals surface area contributed by atoms with Gasteiger partial charge in [-0.2, -0.15) is 0 Å². The van der Waals surface area contributed by atoms with Crippen molar-refractivity contribution in [2.24, 2.45) is 0 Å². The first kappa shape index (κ1) is 12.1. The summed E-state index contributed by atoms with van der Waals surface area (Å²) in [6.45, 7) is -2.67. The molecule has 0 aromatic rings. The summed E-state index contributed by atoms with van der Waals surface area (Å²) in [6, 6.07) is -0.484. The summed E-state index contributed by atoms with van der Waals surface area (Å²) in [5.74, 6) is -0.0331. The maximum absolute atomic E-state index is 10.8. The van der Waals surface area contributed by atoms with Crippen molar-refractivity contribution < 1.29 is 19.1 Å². The molecular formula is C5H12NO4PS. The third-order valence-electron chi connectivity index (χ3n) is 1.25. The highest BCUT2D eigenvalue weighted by atomic mass is 32.7. The van der Waals surface area contributed by atoms with E-state index in [0.717, 1.165) is 0 Å². The molecule has 0 heterocycles. The molecule has 12 heavy (non-hydrogen) atoms. The Labute approximate surface area is 74.8 Å². The Kier molecular flexibility index (Phi) is 5.04. The van der Waals surface area contributed by atoms with Gasteiger partial charge in [0.1, 0.15) is 5.78 Å². The van der Waals surface area contributed by atoms with Crippen molar-refractivity contribution in [3.8, 4) is 0 Å². The number of rotatable bonds is 5. The molecule has 0 bridgehead atoms. The third kappa shape index (κ3) is 5.74. The summed E-state index contributed by atoms with van der Waals surface area (Å²) in [7, 11) is 1.58. The molecule has 0 unspecified atom stereocenters. The number of nitrogens with one attached hydrogen (secondary N) is 1. The highest BCUT2D eigenvalue weighted by Crippen LogP contribution is 2.50. The van der Waals surface area contributed by atoms with E-state index in [9.17, 15) is 9.36 Å². The van der Waals surface area contributed by atoms with E-state index < -0.39 is 12.8 Å². The molecule has 0 radical (unpaired) electrons. The third-order valence-corrected chi connectivity index (χ3v) is 3.52. The lowest BCUT2D eigenvalue weighted by molar-refractivity contribution is -0.118. The van der Waals surface area contributed by atoms with E-state index >= 15 is 0 Å². The largest absolute Gasteiger partial charge is 0.384 e. The van der Waals surface area contributed by atoms with Crippen molar-refractivity contribution in [2.75, 3.05) is 12.8 Å². The zero-order valence-corrected chi connectivity index (χ0v) is 8.56. The van der Waals surface area contributed by atoms with Crippen molar-refractivity contribution in [3.05, 3.63) is 0 Å². The summed E-state index contributed by atoms with van der Waals surface area (Å²) in [5.41, 5.74) is 0. The Bertz CT molecular complexity index is 204. The topological polar surface area (TPSA) is 86.6 Å². The molecule has 0 aromatic carbocycles. The molecule has 3 N–H and O–H groups in total. The van der Waals surface area contributed by atoms with E-state index in [1.807, 2.05) is 0 Å². The van der Waals surface area contributed by atoms with Crippen LogP contribution in [0.5, 0.6) is 0 Å². The Balaban J connectivity index is 3.90. The van der Waals surface area contributed by atoms with Crippen molar-refractivity contribution in [3.63, 3.8) is 0 Å². The maximum Gasteiger partial charge on any atom is 0.384 e. The quantitative estimate of drug-likeness (QED) is 0.557. The summed E-state index contributed by atoms with van der Waals surface area (Å²) in [6.07, 6.45) is 0. The smallest absolute Gasteiger partial charge is 0.317 e. The molecule has 0 rings (SSSR count). The summed E-state index contributed by atoms with van der Waals surface area (Å²) < 4.78 is 10.4. The zero-order chi connectivity index (χ0) is 9.78. The number of Topliss-reactive ketones (excluding diaryl/α,β-unsaturated/α-hetero) is 1. The minimum absolute atomic E-state index is 0.0934. The van der Waals surface area contributed by atoms with Crippen molar-refractivity contribution >= 4 is 24.0 Å². The predicted molar refractivity (Wildman–Crippen MR) is 48.0 cm³/mol. The molecule has 0 amide bonds. The lowest BCUT2D eigenvalue weighted by Crippen LogP contribution is -2.34. The van der Waals surface area contributed by atoms with Crippen LogP contribution in [0.25, 0.3) is 0 Å². The van der Waals surface area contributed by atoms with Gasteiger partial charge in [0.25, 0.3) is 0 Å². The van der Waals surface area contributed by atoms with E-state index in [2.05, 4.69) is 5.32 Å². The lowest BCUT2D eigenvalue weighted by atomic mass is 10.2. The van der Waals surface area contributed by atoms with Gasteiger partial charge in [0.15, 0.2) is 0 Å². The van der Waals surface area contributed by atoms with Gasteiger partial charge in [-0.15, -0.1) is 0 Å². The molecule has 0 saturated heterocycles. The van der Waals surface area contributed by atoms with Gasteiger partial charge >= 0.3 is 6.80 Å². The van der Waals surface area contributed by atoms with Crippen LogP contribution in [0.2, 0.25) is 0 Å². The van der Waals surface area contributed by atoms with Gasteiger partial charge in [0.05, 0.1) is 6.04 Å². The van der Waals surface area contributed by atoms with E-state index in [4.69, 9.17) is 9.79 Å². The van der Waals surface area contributed by atoms with Crippen LogP contribution in [0.3, 0.4) is 0 Å². The van der Waals surface area contributed by atoms with Gasteiger partial charge in [0.2, 0.25) is 0 Å². The molecule has 1 atom stereocenters. The summed E-state index contributed by atoms with van der Waals surface area (Å²) in [4.78, 5) is 27.7. The Morgan fingerprint density at radius 1 is 1.67 bits per heavy atom. The average Bonchev–Trinajstić information content (AvgIpc) is 1.85. The fourth-order valence-electron chi connectivity index (χ4n) is 0.576. The number of ketones is 1. The van der Waals surface area contributed by atoms with E-state index in [-0.39, 0.29) is 11.5 Å². The molecule has 0 aromatic heterocycles. The van der Waals surface area contributed by atoms with E-state index in [1.54, 1.807) is 7.05 Å². The molecule has 0 spiro atoms. The monoisotopic (exact) mass is 213 g/mol. The highest BCUT2D eigenvalue weighted by Gasteiger charge is 2.19. The Morgan fingerprint density at radius 3 is 2.42 bits per heavy atom. The normalized spacial score (nSPS) is 14.3. The average molecular weight is 213 g/mol. The van der Waals surface area contributed by atoms with Gasteiger partial charge in [-0.25, -0.2) is 4.57 Å². The first-order chi connectivity index (χ1) is 5.37. The second-order valence-corrected chi connectivity index (χ2v) is 6.01. The van der Waals surface area contributed by atoms with Gasteiger partial charge in [0, 0.05) is 5.75 Å². The van der Waals surface area contributed by atoms with Crippen LogP contribution < -0.4 is 5.32 Å². The first-order valence-electron chi connectivity index (χ1n) is 3.24. The van der Waals surface area contributed by atoms with Crippen LogP contribution in [-0.4, -0.2) is 34.4 Å². The fourth-order valence-corrected chi connectivity index (χ4v) is 2.35. The van der Waals surface area contributed by atoms with E-state index in [0.29, 0.717) is 11.4 Å². The number of hydrogen-bond donors (Lipinski definition) is 3. The van der Waals surface area contributed by atoms with Crippen LogP contribution in [0.1, 0.15) is 6.92 Å². The number of hydrogen-bond acceptors (Lipinski definition) is 4. The number of likely N-dealkylation sites (N-methyl/N-ethyl adjacent to an activating group) is 1. The summed E-state index contributed by atoms with van der Waals surface area (Å²) >= 11 is 0.478. The van der Waals surface area contributed by atoms with Crippen molar-refractivity contribution in [1.82, 2.24) is 5.32 Å². The maximum atomic E-state index is 10.8. The summed E-state index contributed by atoms with van der Waals surface area (Å²) in [5, 5.41) is 2.66. The molecule has 7 heteroatoms. The second kappa shape index (κ2) is 4.99. The molecular weight excluding hydrogens is 201 g/mol. The van der Waals surface area contributed by atoms with Crippen LogP contribution in [0, 0.1) is 0 Å². The van der Waals surface area contributed by atoms with Gasteiger partial charge in [-0.3, -0.25) is 4.79 Å². The predicted octanol–water partition coefficient (Wildman–Crippen LogP) is -0.0107. The van der Waals surface area contributed by atoms with Crippen LogP contribution in [0.4, 0.5) is 0 Å². The van der Waals surface area contributed by atoms with Gasteiger partial charge in [-0.05, 0) is 25.4 Å². The Morgan fingerprint density at radius 2 is 2.17 bits per heavy atom. The lowest BCUT2D eigenvalue weighted by Gasteiger charge is -2.11. The van der Waals surface area contributed by atoms with Crippen molar-refractivity contribution in [1.29, 1.82) is 0 Å². The molecule has 0 aliphatic rings. The van der Waals surface area contributed by atoms with E-state index in [1.165, 1.54) is 6.92 Å². The molecule has 72 valence electrons. The van der Waals surface area contributed by atoms with Gasteiger partial charge < -0.3 is 15.1 Å². The minimum Gasteiger partial charge on any atom is -0.317 e. The Hall–Kier alpha value is 0.130. The molecule has 0 aliphatic heterocycles. The van der Waals surface area contributed by atoms with Crippen LogP contribution in [-0.2, 0) is 9.36 Å². The first-order valence-corrected chi connectivity index (χ1v) is 6.45. The molecule has 0 aliphatic carbocycles. The molecule has 5 nitrogen and oxygen atoms in total. The van der Waals surface area contributed by atoms with Crippen LogP contribution in [0.15, 0.2) is 0 Å². The number of carbonyl (C=O) groups is 1. The minimum atomic E-state index is -4.05. The van der Waals surface area contributed by atoms with Crippen LogP contribution >= 0.6 is 18.2 Å². The highest BCUT2D eigenvalue weighted by molar-refractivity contribution is 8.54. The SMILES string of the molecule is CN[C@@H](CSP(=O)(O)O)C(C)=O. The van der Waals surface area contributed by atoms with Gasteiger partial charge in [-0.1, -0.05) is 0 Å². The number of carbonyl (C=O) groups excluding carboxylic acids is 1. The van der Waals surface area contributed by atoms with Crippen molar-refractivity contribution in [2.45, 2.75) is 13.0 Å². The second-order valence-electron chi connectivity index (χ2n) is 2.24.